The molecular formula is C33H65NO5Si2. The van der Waals surface area contributed by atoms with Crippen molar-refractivity contribution in [3.8, 4) is 0 Å². The standard InChI is InChI=1S/C33H65NO5Si2/c1-16-26-20-23(3)33(34-30(26)36)25(5)29(39-41(14,15)32(9,10)11)24(4)28(37-33)21-27(22(2)18-17-19-35)38-40(12,13)31(6,7)8/h19,22-29H,16-18,20-21H2,1-15H3,(H,34,36)/t22-,23-,24-,25-,26-,27-,28-,29-,33+/m0/s1. The Hall–Kier alpha value is -0.546. The van der Waals surface area contributed by atoms with Crippen molar-refractivity contribution in [3.05, 3.63) is 0 Å². The fourth-order valence-electron chi connectivity index (χ4n) is 6.25. The molecule has 1 spiro atoms. The molecule has 41 heavy (non-hydrogen) atoms. The highest BCUT2D eigenvalue weighted by Crippen LogP contribution is 2.50. The molecule has 6 nitrogen and oxygen atoms in total. The minimum absolute atomic E-state index is 0.00637. The third-order valence-electron chi connectivity index (χ3n) is 11.5. The topological polar surface area (TPSA) is 73.9 Å². The summed E-state index contributed by atoms with van der Waals surface area (Å²) in [7, 11) is -4.21. The van der Waals surface area contributed by atoms with E-state index in [1.807, 2.05) is 0 Å². The van der Waals surface area contributed by atoms with Gasteiger partial charge in [0.15, 0.2) is 16.6 Å². The van der Waals surface area contributed by atoms with E-state index in [0.717, 1.165) is 32.0 Å². The maximum absolute atomic E-state index is 13.4. The summed E-state index contributed by atoms with van der Waals surface area (Å²) in [5.74, 6) is 0.622. The van der Waals surface area contributed by atoms with E-state index in [9.17, 15) is 9.59 Å². The van der Waals surface area contributed by atoms with Crippen LogP contribution in [-0.4, -0.2) is 52.9 Å². The first kappa shape index (κ1) is 36.6. The number of ether oxygens (including phenoxy) is 1. The normalized spacial score (nSPS) is 33.4. The monoisotopic (exact) mass is 611 g/mol. The summed E-state index contributed by atoms with van der Waals surface area (Å²) in [6, 6.07) is 0. The van der Waals surface area contributed by atoms with E-state index in [-0.39, 0.29) is 63.9 Å². The summed E-state index contributed by atoms with van der Waals surface area (Å²) in [6.45, 7) is 34.0. The molecule has 2 rings (SSSR count). The lowest BCUT2D eigenvalue weighted by Gasteiger charge is -2.59. The molecule has 8 heteroatoms. The molecule has 2 fully saturated rings. The number of piperidine rings is 1. The molecule has 0 aromatic carbocycles. The van der Waals surface area contributed by atoms with E-state index in [1.54, 1.807) is 0 Å². The minimum Gasteiger partial charge on any atom is -0.414 e. The van der Waals surface area contributed by atoms with E-state index >= 15 is 0 Å². The molecule has 0 radical (unpaired) electrons. The number of carbonyl (C=O) groups excluding carboxylic acids is 2. The van der Waals surface area contributed by atoms with Gasteiger partial charge in [-0.25, -0.2) is 0 Å². The van der Waals surface area contributed by atoms with Crippen molar-refractivity contribution in [1.29, 1.82) is 0 Å². The molecule has 1 N–H and O–H groups in total. The van der Waals surface area contributed by atoms with Crippen LogP contribution in [0.1, 0.15) is 108 Å². The first-order chi connectivity index (χ1) is 18.5. The summed E-state index contributed by atoms with van der Waals surface area (Å²) < 4.78 is 21.6. The highest BCUT2D eigenvalue weighted by Gasteiger charge is 2.59. The SMILES string of the molecule is CC[C@H]1C[C@H](C)[C@@]2(NC1=O)O[C@@H](C[C@H](O[Si](C)(C)C(C)(C)C)[C@@H](C)CCC=O)[C@H](C)[C@H](O[Si](C)(C)C(C)(C)C)[C@@H]2C. The van der Waals surface area contributed by atoms with Crippen LogP contribution in [0.15, 0.2) is 0 Å². The molecule has 0 aliphatic carbocycles. The number of nitrogens with one attached hydrogen (secondary N) is 1. The molecule has 0 aromatic rings. The van der Waals surface area contributed by atoms with Gasteiger partial charge in [0.1, 0.15) is 12.0 Å². The van der Waals surface area contributed by atoms with Gasteiger partial charge in [-0.2, -0.15) is 0 Å². The third kappa shape index (κ3) is 7.95. The number of rotatable bonds is 11. The summed E-state index contributed by atoms with van der Waals surface area (Å²) >= 11 is 0. The van der Waals surface area contributed by atoms with Gasteiger partial charge in [0.25, 0.3) is 0 Å². The Morgan fingerprint density at radius 3 is 2.10 bits per heavy atom. The zero-order valence-electron chi connectivity index (χ0n) is 29.3. The first-order valence-corrected chi connectivity index (χ1v) is 22.1. The van der Waals surface area contributed by atoms with Gasteiger partial charge >= 0.3 is 0 Å². The zero-order valence-corrected chi connectivity index (χ0v) is 31.3. The number of amides is 1. The summed E-state index contributed by atoms with van der Waals surface area (Å²) in [6.07, 6.45) is 4.48. The van der Waals surface area contributed by atoms with Gasteiger partial charge in [0.05, 0.1) is 18.3 Å². The van der Waals surface area contributed by atoms with E-state index in [2.05, 4.69) is 108 Å². The smallest absolute Gasteiger partial charge is 0.225 e. The second kappa shape index (κ2) is 13.2. The van der Waals surface area contributed by atoms with Crippen molar-refractivity contribution in [3.63, 3.8) is 0 Å². The van der Waals surface area contributed by atoms with Crippen LogP contribution in [0, 0.1) is 29.6 Å². The molecule has 240 valence electrons. The van der Waals surface area contributed by atoms with Crippen LogP contribution in [0.2, 0.25) is 36.3 Å². The van der Waals surface area contributed by atoms with E-state index in [0.29, 0.717) is 6.42 Å². The molecule has 0 unspecified atom stereocenters. The highest BCUT2D eigenvalue weighted by atomic mass is 28.4. The Morgan fingerprint density at radius 2 is 1.61 bits per heavy atom. The Balaban J connectivity index is 2.57. The zero-order chi connectivity index (χ0) is 31.8. The quantitative estimate of drug-likeness (QED) is 0.188. The molecule has 2 aliphatic heterocycles. The molecule has 1 amide bonds. The van der Waals surface area contributed by atoms with Crippen LogP contribution in [0.25, 0.3) is 0 Å². The van der Waals surface area contributed by atoms with Crippen molar-refractivity contribution >= 4 is 28.8 Å². The Bertz CT molecular complexity index is 895. The Kier molecular flexibility index (Phi) is 11.8. The number of hydrogen-bond donors (Lipinski definition) is 1. The van der Waals surface area contributed by atoms with Gasteiger partial charge in [-0.15, -0.1) is 0 Å². The van der Waals surface area contributed by atoms with Gasteiger partial charge in [0, 0.05) is 30.1 Å². The maximum Gasteiger partial charge on any atom is 0.225 e. The molecule has 0 aromatic heterocycles. The first-order valence-electron chi connectivity index (χ1n) is 16.3. The van der Waals surface area contributed by atoms with Gasteiger partial charge in [-0.1, -0.05) is 76.2 Å². The van der Waals surface area contributed by atoms with Crippen LogP contribution in [0.5, 0.6) is 0 Å². The van der Waals surface area contributed by atoms with Crippen molar-refractivity contribution in [1.82, 2.24) is 5.32 Å². The lowest BCUT2D eigenvalue weighted by atomic mass is 9.69. The summed E-state index contributed by atoms with van der Waals surface area (Å²) in [5, 5.41) is 3.58. The van der Waals surface area contributed by atoms with E-state index in [4.69, 9.17) is 13.6 Å². The Labute approximate surface area is 255 Å². The average Bonchev–Trinajstić information content (AvgIpc) is 2.83. The fraction of sp³-hybridized carbons (Fsp3) is 0.939. The van der Waals surface area contributed by atoms with E-state index < -0.39 is 22.4 Å². The van der Waals surface area contributed by atoms with Crippen LogP contribution in [-0.2, 0) is 23.2 Å². The number of carbonyl (C=O) groups is 2. The number of aldehydes is 1. The lowest BCUT2D eigenvalue weighted by molar-refractivity contribution is -0.264. The highest BCUT2D eigenvalue weighted by molar-refractivity contribution is 6.74. The van der Waals surface area contributed by atoms with Crippen molar-refractivity contribution < 1.29 is 23.2 Å². The van der Waals surface area contributed by atoms with Crippen LogP contribution < -0.4 is 5.32 Å². The molecule has 0 bridgehead atoms. The van der Waals surface area contributed by atoms with Crippen LogP contribution >= 0.6 is 0 Å². The summed E-state index contributed by atoms with van der Waals surface area (Å²) in [4.78, 5) is 24.7. The predicted molar refractivity (Wildman–Crippen MR) is 175 cm³/mol. The van der Waals surface area contributed by atoms with Crippen molar-refractivity contribution in [2.45, 2.75) is 169 Å². The van der Waals surface area contributed by atoms with Crippen LogP contribution in [0.3, 0.4) is 0 Å². The molecule has 2 heterocycles. The van der Waals surface area contributed by atoms with Crippen molar-refractivity contribution in [2.75, 3.05) is 0 Å². The third-order valence-corrected chi connectivity index (χ3v) is 20.5. The predicted octanol–water partition coefficient (Wildman–Crippen LogP) is 8.32. The summed E-state index contributed by atoms with van der Waals surface area (Å²) in [5.41, 5.74) is -0.777. The molecule has 2 aliphatic rings. The van der Waals surface area contributed by atoms with Crippen LogP contribution in [0.4, 0.5) is 0 Å². The second-order valence-corrected chi connectivity index (χ2v) is 26.1. The number of hydrogen-bond acceptors (Lipinski definition) is 5. The molecule has 9 atom stereocenters. The van der Waals surface area contributed by atoms with Gasteiger partial charge in [-0.3, -0.25) is 4.79 Å². The second-order valence-electron chi connectivity index (χ2n) is 16.5. The molecular weight excluding hydrogens is 547 g/mol. The molecule has 0 saturated carbocycles. The maximum atomic E-state index is 13.4. The fourth-order valence-corrected chi connectivity index (χ4v) is 9.14. The van der Waals surface area contributed by atoms with Crippen molar-refractivity contribution in [2.24, 2.45) is 29.6 Å². The lowest BCUT2D eigenvalue weighted by Crippen LogP contribution is -2.72. The average molecular weight is 612 g/mol. The molecule has 2 saturated heterocycles. The Morgan fingerprint density at radius 1 is 1.05 bits per heavy atom. The minimum atomic E-state index is -2.12. The van der Waals surface area contributed by atoms with E-state index in [1.165, 1.54) is 0 Å². The van der Waals surface area contributed by atoms with Gasteiger partial charge in [0.2, 0.25) is 5.91 Å². The van der Waals surface area contributed by atoms with Gasteiger partial charge in [-0.05, 0) is 67.9 Å². The largest absolute Gasteiger partial charge is 0.414 e. The van der Waals surface area contributed by atoms with Gasteiger partial charge < -0.3 is 23.7 Å².